The third kappa shape index (κ3) is 4.72. The Balaban J connectivity index is 1.52. The number of nitrogens with zero attached hydrogens (tertiary/aromatic N) is 5. The maximum absolute atomic E-state index is 12.9. The SMILES string of the molecule is CCCNc1nc(Nc2nccc3ccccc23)nc2c1ncn2Cc1ccc(C(F)(F)F)cc1. The van der Waals surface area contributed by atoms with Gasteiger partial charge in [0.25, 0.3) is 0 Å². The molecule has 10 heteroatoms. The molecule has 7 nitrogen and oxygen atoms in total. The van der Waals surface area contributed by atoms with E-state index in [1.165, 1.54) is 12.1 Å². The second-order valence-electron chi connectivity index (χ2n) is 8.07. The van der Waals surface area contributed by atoms with Crippen LogP contribution in [0.4, 0.5) is 30.8 Å². The van der Waals surface area contributed by atoms with Gasteiger partial charge in [-0.2, -0.15) is 23.1 Å². The van der Waals surface area contributed by atoms with Crippen LogP contribution in [0.25, 0.3) is 21.9 Å². The van der Waals surface area contributed by atoms with Crippen LogP contribution in [0.1, 0.15) is 24.5 Å². The molecule has 0 aliphatic rings. The summed E-state index contributed by atoms with van der Waals surface area (Å²) in [4.78, 5) is 18.2. The smallest absolute Gasteiger partial charge is 0.368 e. The molecule has 0 amide bonds. The fourth-order valence-corrected chi connectivity index (χ4v) is 3.80. The molecule has 2 N–H and O–H groups in total. The van der Waals surface area contributed by atoms with Gasteiger partial charge in [-0.25, -0.2) is 9.97 Å². The molecule has 5 rings (SSSR count). The van der Waals surface area contributed by atoms with Crippen LogP contribution < -0.4 is 10.6 Å². The Kier molecular flexibility index (Phi) is 5.94. The van der Waals surface area contributed by atoms with Crippen LogP contribution in [0.2, 0.25) is 0 Å². The molecule has 0 saturated carbocycles. The van der Waals surface area contributed by atoms with Crippen molar-refractivity contribution >= 4 is 39.5 Å². The average Bonchev–Trinajstić information content (AvgIpc) is 3.25. The van der Waals surface area contributed by atoms with Gasteiger partial charge >= 0.3 is 6.18 Å². The van der Waals surface area contributed by atoms with Crippen LogP contribution in [0.5, 0.6) is 0 Å². The van der Waals surface area contributed by atoms with Crippen LogP contribution in [0.15, 0.2) is 67.1 Å². The molecular formula is C25H22F3N7. The van der Waals surface area contributed by atoms with Crippen LogP contribution in [0.3, 0.4) is 0 Å². The second-order valence-corrected chi connectivity index (χ2v) is 8.07. The van der Waals surface area contributed by atoms with E-state index < -0.39 is 11.7 Å². The van der Waals surface area contributed by atoms with Gasteiger partial charge in [0.1, 0.15) is 5.82 Å². The summed E-state index contributed by atoms with van der Waals surface area (Å²) in [6.07, 6.45) is -0.142. The lowest BCUT2D eigenvalue weighted by molar-refractivity contribution is -0.137. The molecule has 0 fully saturated rings. The minimum absolute atomic E-state index is 0.310. The molecule has 5 aromatic rings. The van der Waals surface area contributed by atoms with Crippen molar-refractivity contribution in [1.29, 1.82) is 0 Å². The summed E-state index contributed by atoms with van der Waals surface area (Å²) in [6.45, 7) is 3.06. The first kappa shape index (κ1) is 22.6. The lowest BCUT2D eigenvalue weighted by Gasteiger charge is -2.12. The van der Waals surface area contributed by atoms with Crippen molar-refractivity contribution in [2.24, 2.45) is 0 Å². The summed E-state index contributed by atoms with van der Waals surface area (Å²) in [7, 11) is 0. The first-order valence-corrected chi connectivity index (χ1v) is 11.2. The number of hydrogen-bond acceptors (Lipinski definition) is 6. The zero-order valence-corrected chi connectivity index (χ0v) is 18.8. The number of halogens is 3. The van der Waals surface area contributed by atoms with Crippen LogP contribution >= 0.6 is 0 Å². The molecule has 0 atom stereocenters. The zero-order valence-electron chi connectivity index (χ0n) is 18.8. The summed E-state index contributed by atoms with van der Waals surface area (Å²) >= 11 is 0. The second kappa shape index (κ2) is 9.21. The molecule has 0 radical (unpaired) electrons. The Morgan fingerprint density at radius 1 is 0.914 bits per heavy atom. The lowest BCUT2D eigenvalue weighted by Crippen LogP contribution is -2.08. The average molecular weight is 477 g/mol. The molecule has 178 valence electrons. The van der Waals surface area contributed by atoms with Gasteiger partial charge < -0.3 is 15.2 Å². The molecule has 0 saturated heterocycles. The third-order valence-corrected chi connectivity index (χ3v) is 5.54. The van der Waals surface area contributed by atoms with Crippen molar-refractivity contribution in [2.45, 2.75) is 26.1 Å². The van der Waals surface area contributed by atoms with Crippen LogP contribution in [-0.4, -0.2) is 31.0 Å². The Bertz CT molecular complexity index is 1470. The van der Waals surface area contributed by atoms with Gasteiger partial charge in [-0.1, -0.05) is 43.3 Å². The molecule has 3 heterocycles. The van der Waals surface area contributed by atoms with Crippen LogP contribution in [-0.2, 0) is 12.7 Å². The van der Waals surface area contributed by atoms with E-state index >= 15 is 0 Å². The zero-order chi connectivity index (χ0) is 24.4. The van der Waals surface area contributed by atoms with E-state index in [1.807, 2.05) is 37.3 Å². The van der Waals surface area contributed by atoms with Gasteiger partial charge in [0.05, 0.1) is 18.4 Å². The van der Waals surface area contributed by atoms with Crippen molar-refractivity contribution in [3.8, 4) is 0 Å². The molecule has 0 aliphatic heterocycles. The molecule has 3 aromatic heterocycles. The largest absolute Gasteiger partial charge is 0.416 e. The van der Waals surface area contributed by atoms with Gasteiger partial charge in [-0.15, -0.1) is 0 Å². The van der Waals surface area contributed by atoms with E-state index in [4.69, 9.17) is 0 Å². The predicted octanol–water partition coefficient (Wildman–Crippen LogP) is 6.01. The Morgan fingerprint density at radius 3 is 2.49 bits per heavy atom. The van der Waals surface area contributed by atoms with Crippen molar-refractivity contribution in [3.63, 3.8) is 0 Å². The number of pyridine rings is 1. The number of alkyl halides is 3. The van der Waals surface area contributed by atoms with Crippen molar-refractivity contribution < 1.29 is 13.2 Å². The summed E-state index contributed by atoms with van der Waals surface area (Å²) < 4.78 is 40.6. The van der Waals surface area contributed by atoms with Crippen LogP contribution in [0, 0.1) is 0 Å². The highest BCUT2D eigenvalue weighted by Gasteiger charge is 2.30. The minimum Gasteiger partial charge on any atom is -0.368 e. The Hall–Kier alpha value is -4.21. The van der Waals surface area contributed by atoms with Gasteiger partial charge in [-0.05, 0) is 35.6 Å². The van der Waals surface area contributed by atoms with Gasteiger partial charge in [-0.3, -0.25) is 0 Å². The normalized spacial score (nSPS) is 11.8. The van der Waals surface area contributed by atoms with Gasteiger partial charge in [0, 0.05) is 18.1 Å². The Morgan fingerprint density at radius 2 is 1.71 bits per heavy atom. The summed E-state index contributed by atoms with van der Waals surface area (Å²) in [5.74, 6) is 1.54. The maximum atomic E-state index is 12.9. The molecule has 0 unspecified atom stereocenters. The van der Waals surface area contributed by atoms with Crippen molar-refractivity contribution in [1.82, 2.24) is 24.5 Å². The molecule has 0 bridgehead atoms. The fourth-order valence-electron chi connectivity index (χ4n) is 3.80. The standard InChI is InChI=1S/C25H22F3N7/c1-2-12-29-22-20-23(35(15-31-20)14-16-7-9-18(10-8-16)25(26,27)28)34-24(33-22)32-21-19-6-4-3-5-17(19)11-13-30-21/h3-11,13,15H,2,12,14H2,1H3,(H2,29,30,32,33,34). The number of imidazole rings is 1. The third-order valence-electron chi connectivity index (χ3n) is 5.54. The molecule has 0 aliphatic carbocycles. The highest BCUT2D eigenvalue weighted by atomic mass is 19.4. The minimum atomic E-state index is -4.37. The molecular weight excluding hydrogens is 455 g/mol. The van der Waals surface area contributed by atoms with E-state index in [-0.39, 0.29) is 0 Å². The first-order valence-electron chi connectivity index (χ1n) is 11.2. The number of nitrogens with one attached hydrogen (secondary N) is 2. The fraction of sp³-hybridized carbons (Fsp3) is 0.200. The quantitative estimate of drug-likeness (QED) is 0.299. The van der Waals surface area contributed by atoms with E-state index in [1.54, 1.807) is 17.1 Å². The number of benzene rings is 2. The number of rotatable bonds is 7. The summed E-state index contributed by atoms with van der Waals surface area (Å²) in [6, 6.07) is 14.9. The number of anilines is 3. The molecule has 35 heavy (non-hydrogen) atoms. The van der Waals surface area contributed by atoms with Crippen molar-refractivity contribution in [3.05, 3.63) is 78.2 Å². The maximum Gasteiger partial charge on any atom is 0.416 e. The number of hydrogen-bond donors (Lipinski definition) is 2. The van der Waals surface area contributed by atoms with E-state index in [0.717, 1.165) is 29.3 Å². The van der Waals surface area contributed by atoms with Crippen molar-refractivity contribution in [2.75, 3.05) is 17.2 Å². The van der Waals surface area contributed by atoms with E-state index in [0.29, 0.717) is 47.4 Å². The van der Waals surface area contributed by atoms with Gasteiger partial charge in [0.2, 0.25) is 5.95 Å². The molecule has 2 aromatic carbocycles. The highest BCUT2D eigenvalue weighted by molar-refractivity contribution is 5.93. The summed E-state index contributed by atoms with van der Waals surface area (Å²) in [5, 5.41) is 8.47. The van der Waals surface area contributed by atoms with E-state index in [9.17, 15) is 13.2 Å². The van der Waals surface area contributed by atoms with Gasteiger partial charge in [0.15, 0.2) is 17.0 Å². The summed E-state index contributed by atoms with van der Waals surface area (Å²) in [5.41, 5.74) is 1.16. The monoisotopic (exact) mass is 477 g/mol. The lowest BCUT2D eigenvalue weighted by atomic mass is 10.1. The number of aromatic nitrogens is 5. The topological polar surface area (TPSA) is 80.6 Å². The van der Waals surface area contributed by atoms with E-state index in [2.05, 4.69) is 30.6 Å². The predicted molar refractivity (Wildman–Crippen MR) is 130 cm³/mol. The Labute approximate surface area is 199 Å². The highest BCUT2D eigenvalue weighted by Crippen LogP contribution is 2.30. The molecule has 0 spiro atoms. The number of fused-ring (bicyclic) bond motifs is 2. The first-order chi connectivity index (χ1) is 16.9.